The molecule has 0 spiro atoms. The van der Waals surface area contributed by atoms with Crippen molar-refractivity contribution in [3.63, 3.8) is 0 Å². The van der Waals surface area contributed by atoms with Crippen molar-refractivity contribution in [2.24, 2.45) is 11.7 Å². The van der Waals surface area contributed by atoms with Crippen molar-refractivity contribution in [1.82, 2.24) is 16.0 Å². The van der Waals surface area contributed by atoms with Crippen LogP contribution in [0.5, 0.6) is 0 Å². The van der Waals surface area contributed by atoms with Crippen LogP contribution in [0, 0.1) is 5.92 Å². The highest BCUT2D eigenvalue weighted by Gasteiger charge is 2.32. The molecule has 0 radical (unpaired) electrons. The Morgan fingerprint density at radius 2 is 1.32 bits per heavy atom. The van der Waals surface area contributed by atoms with Crippen LogP contribution in [0.25, 0.3) is 0 Å². The summed E-state index contributed by atoms with van der Waals surface area (Å²) >= 11 is 1.52. The molecule has 0 aliphatic heterocycles. The number of hydrogen-bond donors (Lipinski definition) is 5. The summed E-state index contributed by atoms with van der Waals surface area (Å²) < 4.78 is 0. The number of amides is 3. The Hall–Kier alpha value is -3.37. The van der Waals surface area contributed by atoms with E-state index in [4.69, 9.17) is 5.73 Å². The fourth-order valence-corrected chi connectivity index (χ4v) is 4.32. The van der Waals surface area contributed by atoms with Gasteiger partial charge in [-0.05, 0) is 41.9 Å². The van der Waals surface area contributed by atoms with Gasteiger partial charge in [-0.1, -0.05) is 74.5 Å². The van der Waals surface area contributed by atoms with Gasteiger partial charge in [0.15, 0.2) is 0 Å². The van der Waals surface area contributed by atoms with Gasteiger partial charge in [0.2, 0.25) is 17.7 Å². The molecule has 9 nitrogen and oxygen atoms in total. The molecule has 6 N–H and O–H groups in total. The molecule has 206 valence electrons. The third kappa shape index (κ3) is 10.2. The molecule has 2 aromatic rings. The number of rotatable bonds is 15. The van der Waals surface area contributed by atoms with Crippen LogP contribution in [0.1, 0.15) is 31.4 Å². The average molecular weight is 543 g/mol. The van der Waals surface area contributed by atoms with Gasteiger partial charge in [0, 0.05) is 6.42 Å². The first-order chi connectivity index (χ1) is 18.1. The van der Waals surface area contributed by atoms with Crippen LogP contribution in [-0.4, -0.2) is 65.0 Å². The number of nitrogens with two attached hydrogens (primary N) is 1. The Kier molecular flexibility index (Phi) is 12.8. The zero-order chi connectivity index (χ0) is 28.1. The van der Waals surface area contributed by atoms with E-state index in [1.54, 1.807) is 38.1 Å². The third-order valence-electron chi connectivity index (χ3n) is 6.02. The molecular formula is C28H38N4O5S. The Labute approximate surface area is 228 Å². The lowest BCUT2D eigenvalue weighted by Gasteiger charge is -2.27. The molecule has 0 fully saturated rings. The lowest BCUT2D eigenvalue weighted by atomic mass is 10.0. The van der Waals surface area contributed by atoms with E-state index in [0.29, 0.717) is 18.6 Å². The predicted octanol–water partition coefficient (Wildman–Crippen LogP) is 1.75. The molecule has 2 aromatic carbocycles. The van der Waals surface area contributed by atoms with Gasteiger partial charge in [-0.15, -0.1) is 0 Å². The number of thioether (sulfide) groups is 1. The molecule has 3 amide bonds. The third-order valence-corrected chi connectivity index (χ3v) is 6.67. The van der Waals surface area contributed by atoms with Crippen molar-refractivity contribution in [3.05, 3.63) is 71.8 Å². The van der Waals surface area contributed by atoms with Gasteiger partial charge < -0.3 is 26.8 Å². The van der Waals surface area contributed by atoms with Crippen molar-refractivity contribution >= 4 is 35.5 Å². The molecule has 10 heteroatoms. The number of hydrogen-bond acceptors (Lipinski definition) is 6. The van der Waals surface area contributed by atoms with Gasteiger partial charge in [-0.3, -0.25) is 14.4 Å². The Bertz CT molecular complexity index is 1050. The lowest BCUT2D eigenvalue weighted by Crippen LogP contribution is -2.58. The quantitative estimate of drug-likeness (QED) is 0.230. The normalized spacial score (nSPS) is 14.1. The van der Waals surface area contributed by atoms with E-state index in [-0.39, 0.29) is 12.3 Å². The lowest BCUT2D eigenvalue weighted by molar-refractivity contribution is -0.142. The fraction of sp³-hybridized carbons (Fsp3) is 0.429. The highest BCUT2D eigenvalue weighted by molar-refractivity contribution is 7.98. The number of carbonyl (C=O) groups is 4. The first kappa shape index (κ1) is 30.9. The minimum Gasteiger partial charge on any atom is -0.480 e. The molecule has 2 rings (SSSR count). The number of carboxylic acid groups (broad SMARTS) is 1. The highest BCUT2D eigenvalue weighted by atomic mass is 32.2. The Morgan fingerprint density at radius 1 is 0.789 bits per heavy atom. The van der Waals surface area contributed by atoms with Gasteiger partial charge in [0.05, 0.1) is 6.04 Å². The minimum absolute atomic E-state index is 0.104. The van der Waals surface area contributed by atoms with E-state index in [1.807, 2.05) is 42.7 Å². The van der Waals surface area contributed by atoms with Crippen LogP contribution in [0.4, 0.5) is 0 Å². The number of carbonyl (C=O) groups excluding carboxylic acids is 3. The molecule has 4 unspecified atom stereocenters. The van der Waals surface area contributed by atoms with E-state index in [0.717, 1.165) is 11.1 Å². The van der Waals surface area contributed by atoms with Crippen molar-refractivity contribution in [1.29, 1.82) is 0 Å². The summed E-state index contributed by atoms with van der Waals surface area (Å²) in [5.74, 6) is -2.50. The molecule has 0 saturated heterocycles. The molecule has 0 aliphatic carbocycles. The summed E-state index contributed by atoms with van der Waals surface area (Å²) in [7, 11) is 0. The van der Waals surface area contributed by atoms with E-state index in [1.165, 1.54) is 11.8 Å². The van der Waals surface area contributed by atoms with Crippen LogP contribution in [0.2, 0.25) is 0 Å². The monoisotopic (exact) mass is 542 g/mol. The fourth-order valence-electron chi connectivity index (χ4n) is 3.84. The molecular weight excluding hydrogens is 504 g/mol. The second-order valence-corrected chi connectivity index (χ2v) is 10.4. The van der Waals surface area contributed by atoms with Crippen LogP contribution < -0.4 is 21.7 Å². The second-order valence-electron chi connectivity index (χ2n) is 9.46. The summed E-state index contributed by atoms with van der Waals surface area (Å²) in [6.45, 7) is 3.51. The van der Waals surface area contributed by atoms with E-state index < -0.39 is 47.9 Å². The van der Waals surface area contributed by atoms with Crippen LogP contribution in [-0.2, 0) is 32.0 Å². The largest absolute Gasteiger partial charge is 0.480 e. The van der Waals surface area contributed by atoms with Crippen molar-refractivity contribution < 1.29 is 24.3 Å². The van der Waals surface area contributed by atoms with Gasteiger partial charge in [-0.25, -0.2) is 4.79 Å². The Morgan fingerprint density at radius 3 is 1.82 bits per heavy atom. The van der Waals surface area contributed by atoms with Gasteiger partial charge >= 0.3 is 5.97 Å². The van der Waals surface area contributed by atoms with Crippen LogP contribution in [0.3, 0.4) is 0 Å². The van der Waals surface area contributed by atoms with Crippen molar-refractivity contribution in [2.75, 3.05) is 12.0 Å². The highest BCUT2D eigenvalue weighted by Crippen LogP contribution is 2.09. The zero-order valence-corrected chi connectivity index (χ0v) is 22.9. The predicted molar refractivity (Wildman–Crippen MR) is 150 cm³/mol. The summed E-state index contributed by atoms with van der Waals surface area (Å²) in [6, 6.07) is 14.4. The SMILES string of the molecule is CSCCC(NC(=O)C(N)Cc1ccccc1)C(=O)NC(C(=O)NC(Cc1ccccc1)C(=O)O)C(C)C. The summed E-state index contributed by atoms with van der Waals surface area (Å²) in [4.78, 5) is 51.0. The zero-order valence-electron chi connectivity index (χ0n) is 22.1. The summed E-state index contributed by atoms with van der Waals surface area (Å²) in [5, 5.41) is 17.7. The van der Waals surface area contributed by atoms with Gasteiger partial charge in [0.25, 0.3) is 0 Å². The van der Waals surface area contributed by atoms with Gasteiger partial charge in [0.1, 0.15) is 18.1 Å². The first-order valence-corrected chi connectivity index (χ1v) is 14.0. The average Bonchev–Trinajstić information content (AvgIpc) is 2.89. The molecule has 38 heavy (non-hydrogen) atoms. The molecule has 4 atom stereocenters. The summed E-state index contributed by atoms with van der Waals surface area (Å²) in [6.07, 6.45) is 2.65. The number of carboxylic acids is 1. The maximum Gasteiger partial charge on any atom is 0.326 e. The van der Waals surface area contributed by atoms with Gasteiger partial charge in [-0.2, -0.15) is 11.8 Å². The summed E-state index contributed by atoms with van der Waals surface area (Å²) in [5.41, 5.74) is 7.77. The van der Waals surface area contributed by atoms with Crippen LogP contribution in [0.15, 0.2) is 60.7 Å². The maximum absolute atomic E-state index is 13.2. The standard InChI is InChI=1S/C28H38N4O5S/c1-18(2)24(27(35)31-23(28(36)37)17-20-12-8-5-9-13-20)32-26(34)22(14-15-38-3)30-25(33)21(29)16-19-10-6-4-7-11-19/h4-13,18,21-24H,14-17,29H2,1-3H3,(H,30,33)(H,31,35)(H,32,34)(H,36,37). The molecule has 0 aliphatic rings. The van der Waals surface area contributed by atoms with Crippen LogP contribution >= 0.6 is 11.8 Å². The van der Waals surface area contributed by atoms with Crippen molar-refractivity contribution in [3.8, 4) is 0 Å². The molecule has 0 saturated carbocycles. The second kappa shape index (κ2) is 15.8. The number of benzene rings is 2. The smallest absolute Gasteiger partial charge is 0.326 e. The van der Waals surface area contributed by atoms with Crippen molar-refractivity contribution in [2.45, 2.75) is 57.3 Å². The Balaban J connectivity index is 2.08. The molecule has 0 bridgehead atoms. The molecule has 0 aromatic heterocycles. The number of nitrogens with one attached hydrogen (secondary N) is 3. The molecule has 0 heterocycles. The van der Waals surface area contributed by atoms with E-state index in [2.05, 4.69) is 16.0 Å². The maximum atomic E-state index is 13.2. The first-order valence-electron chi connectivity index (χ1n) is 12.6. The topological polar surface area (TPSA) is 151 Å². The van der Waals surface area contributed by atoms with E-state index >= 15 is 0 Å². The minimum atomic E-state index is -1.17. The van der Waals surface area contributed by atoms with E-state index in [9.17, 15) is 24.3 Å². The number of aliphatic carboxylic acids is 1.